The first-order chi connectivity index (χ1) is 5.93. The van der Waals surface area contributed by atoms with Crippen LogP contribution >= 0.6 is 0 Å². The molecule has 0 saturated carbocycles. The fraction of sp³-hybridized carbons (Fsp3) is 0.333. The number of nitriles is 2. The van der Waals surface area contributed by atoms with Crippen LogP contribution in [0.3, 0.4) is 0 Å². The van der Waals surface area contributed by atoms with Gasteiger partial charge in [-0.05, 0) is 0 Å². The van der Waals surface area contributed by atoms with Crippen molar-refractivity contribution >= 4 is 12.1 Å². The molecular formula is C6H5F3N4O2. The van der Waals surface area contributed by atoms with E-state index in [1.54, 1.807) is 0 Å². The molecule has 6 nitrogen and oxygen atoms in total. The lowest BCUT2D eigenvalue weighted by atomic mass is 10.1. The average molecular weight is 222 g/mol. The molecule has 0 aromatic carbocycles. The van der Waals surface area contributed by atoms with Crippen molar-refractivity contribution in [1.82, 2.24) is 0 Å². The second kappa shape index (κ2) is 4.50. The number of aliphatic imine (C=N–C) groups is 2. The monoisotopic (exact) mass is 222 g/mol. The molecule has 0 atom stereocenters. The first-order valence-corrected chi connectivity index (χ1v) is 2.98. The summed E-state index contributed by atoms with van der Waals surface area (Å²) in [6.07, 6.45) is -4.14. The van der Waals surface area contributed by atoms with Crippen LogP contribution in [0.2, 0.25) is 0 Å². The van der Waals surface area contributed by atoms with Gasteiger partial charge in [0, 0.05) is 0 Å². The lowest BCUT2D eigenvalue weighted by molar-refractivity contribution is -0.0596. The van der Waals surface area contributed by atoms with E-state index >= 15 is 0 Å². The van der Waals surface area contributed by atoms with E-state index < -0.39 is 17.6 Å². The zero-order valence-electron chi connectivity index (χ0n) is 7.00. The van der Waals surface area contributed by atoms with Gasteiger partial charge in [0.2, 0.25) is 5.84 Å². The van der Waals surface area contributed by atoms with Crippen molar-refractivity contribution in [2.75, 3.05) is 0 Å². The van der Waals surface area contributed by atoms with Crippen molar-refractivity contribution in [3.05, 3.63) is 0 Å². The molecule has 0 radical (unpaired) electrons. The minimum atomic E-state index is -4.72. The molecule has 82 valence electrons. The molecule has 0 aromatic rings. The van der Waals surface area contributed by atoms with Gasteiger partial charge in [0.15, 0.2) is 0 Å². The van der Waals surface area contributed by atoms with E-state index in [9.17, 15) is 13.2 Å². The maximum absolute atomic E-state index is 11.9. The smallest absolute Gasteiger partial charge is 0.412 e. The molecule has 0 spiro atoms. The summed E-state index contributed by atoms with van der Waals surface area (Å²) < 4.78 is 35.7. The van der Waals surface area contributed by atoms with Crippen LogP contribution in [0.1, 0.15) is 0 Å². The molecule has 0 aromatic heterocycles. The molecule has 15 heavy (non-hydrogen) atoms. The van der Waals surface area contributed by atoms with Crippen molar-refractivity contribution in [3.63, 3.8) is 0 Å². The van der Waals surface area contributed by atoms with Crippen LogP contribution in [-0.2, 0) is 0 Å². The Morgan fingerprint density at radius 1 is 1.20 bits per heavy atom. The zero-order chi connectivity index (χ0) is 10.1. The fourth-order valence-electron chi connectivity index (χ4n) is 0.649. The molecular weight excluding hydrogens is 217 g/mol. The van der Waals surface area contributed by atoms with Crippen LogP contribution in [-0.4, -0.2) is 34.7 Å². The number of alkyl halides is 3. The fourth-order valence-corrected chi connectivity index (χ4v) is 0.649. The van der Waals surface area contributed by atoms with Gasteiger partial charge in [0.25, 0.3) is 5.54 Å². The molecule has 0 amide bonds. The Hall–Kier alpha value is -1.97. The number of rotatable bonds is 0. The van der Waals surface area contributed by atoms with Gasteiger partial charge in [-0.1, -0.05) is 0 Å². The summed E-state index contributed by atoms with van der Waals surface area (Å²) >= 11 is 0. The Morgan fingerprint density at radius 3 is 1.87 bits per heavy atom. The van der Waals surface area contributed by atoms with Gasteiger partial charge >= 0.3 is 6.18 Å². The predicted octanol–water partition coefficient (Wildman–Crippen LogP) is -0.832. The van der Waals surface area contributed by atoms with Crippen LogP contribution in [0, 0.1) is 22.7 Å². The van der Waals surface area contributed by atoms with Gasteiger partial charge in [0.1, 0.15) is 12.1 Å². The van der Waals surface area contributed by atoms with Crippen molar-refractivity contribution < 1.29 is 24.1 Å². The van der Waals surface area contributed by atoms with Crippen molar-refractivity contribution in [1.29, 1.82) is 10.5 Å². The second-order valence-electron chi connectivity index (χ2n) is 2.18. The van der Waals surface area contributed by atoms with Crippen LogP contribution in [0.5, 0.6) is 0 Å². The zero-order valence-corrected chi connectivity index (χ0v) is 7.00. The minimum absolute atomic E-state index is 0. The Labute approximate surface area is 81.6 Å². The van der Waals surface area contributed by atoms with Crippen molar-refractivity contribution in [2.24, 2.45) is 9.98 Å². The molecule has 0 bridgehead atoms. The molecule has 4 N–H and O–H groups in total. The third kappa shape index (κ3) is 2.74. The van der Waals surface area contributed by atoms with E-state index in [0.717, 1.165) is 0 Å². The maximum Gasteiger partial charge on any atom is 0.451 e. The van der Waals surface area contributed by atoms with Crippen molar-refractivity contribution in [2.45, 2.75) is 11.7 Å². The molecule has 1 rings (SSSR count). The highest BCUT2D eigenvalue weighted by Gasteiger charge is 2.43. The number of nitrogens with zero attached hydrogens (tertiary/aromatic N) is 4. The quantitative estimate of drug-likeness (QED) is 0.528. The Balaban J connectivity index is 0. The minimum Gasteiger partial charge on any atom is -0.412 e. The summed E-state index contributed by atoms with van der Waals surface area (Å²) in [7, 11) is 0. The van der Waals surface area contributed by atoms with Crippen LogP contribution in [0.4, 0.5) is 13.2 Å². The third-order valence-electron chi connectivity index (χ3n) is 1.25. The molecule has 1 aliphatic rings. The average Bonchev–Trinajstić information content (AvgIpc) is 2.48. The van der Waals surface area contributed by atoms with Gasteiger partial charge < -0.3 is 11.0 Å². The number of amidine groups is 1. The predicted molar refractivity (Wildman–Crippen MR) is 43.2 cm³/mol. The first kappa shape index (κ1) is 15.5. The third-order valence-corrected chi connectivity index (χ3v) is 1.25. The summed E-state index contributed by atoms with van der Waals surface area (Å²) in [5.41, 5.74) is -2.11. The van der Waals surface area contributed by atoms with Gasteiger partial charge in [-0.25, -0.2) is 9.98 Å². The van der Waals surface area contributed by atoms with Gasteiger partial charge in [-0.3, -0.25) is 0 Å². The van der Waals surface area contributed by atoms with E-state index in [1.807, 2.05) is 0 Å². The van der Waals surface area contributed by atoms with E-state index in [1.165, 1.54) is 12.1 Å². The largest absolute Gasteiger partial charge is 0.451 e. The van der Waals surface area contributed by atoms with Crippen LogP contribution in [0.15, 0.2) is 9.98 Å². The molecule has 1 heterocycles. The highest BCUT2D eigenvalue weighted by molar-refractivity contribution is 6.03. The Bertz CT molecular complexity index is 359. The van der Waals surface area contributed by atoms with Gasteiger partial charge in [-0.15, -0.1) is 0 Å². The van der Waals surface area contributed by atoms with Crippen molar-refractivity contribution in [3.8, 4) is 12.1 Å². The molecule has 0 unspecified atom stereocenters. The maximum atomic E-state index is 11.9. The second-order valence-corrected chi connectivity index (χ2v) is 2.18. The molecule has 1 aliphatic heterocycles. The van der Waals surface area contributed by atoms with Crippen LogP contribution < -0.4 is 0 Å². The van der Waals surface area contributed by atoms with Gasteiger partial charge in [0.05, 0.1) is 6.21 Å². The summed E-state index contributed by atoms with van der Waals surface area (Å²) in [6.45, 7) is 0. The van der Waals surface area contributed by atoms with E-state index in [-0.39, 0.29) is 11.0 Å². The molecule has 0 saturated heterocycles. The summed E-state index contributed by atoms with van der Waals surface area (Å²) in [5, 5.41) is 16.7. The highest BCUT2D eigenvalue weighted by Crippen LogP contribution is 2.24. The summed E-state index contributed by atoms with van der Waals surface area (Å²) in [5.74, 6) is -1.45. The van der Waals surface area contributed by atoms with E-state index in [4.69, 9.17) is 10.5 Å². The normalized spacial score (nSPS) is 16.5. The standard InChI is InChI=1S/C6HF3N4.2H2O/c7-6(8,9)4-12-3-5(1-10,2-11)13-4;;/h3H;2*1H2. The molecule has 0 fully saturated rings. The van der Waals surface area contributed by atoms with Gasteiger partial charge in [-0.2, -0.15) is 23.7 Å². The number of hydrogen-bond acceptors (Lipinski definition) is 4. The Kier molecular flexibility index (Phi) is 4.65. The number of halogens is 3. The van der Waals surface area contributed by atoms with E-state index in [0.29, 0.717) is 6.21 Å². The highest BCUT2D eigenvalue weighted by atomic mass is 19.4. The lowest BCUT2D eigenvalue weighted by Crippen LogP contribution is -2.23. The lowest BCUT2D eigenvalue weighted by Gasteiger charge is -2.02. The van der Waals surface area contributed by atoms with E-state index in [2.05, 4.69) is 9.98 Å². The first-order valence-electron chi connectivity index (χ1n) is 2.98. The molecule has 0 aliphatic carbocycles. The Morgan fingerprint density at radius 2 is 1.67 bits per heavy atom. The summed E-state index contributed by atoms with van der Waals surface area (Å²) in [6, 6.07) is 2.66. The summed E-state index contributed by atoms with van der Waals surface area (Å²) in [4.78, 5) is 5.73. The topological polar surface area (TPSA) is 135 Å². The molecule has 9 heteroatoms. The SMILES string of the molecule is N#CC1(C#N)C=NC(C(F)(F)F)=N1.O.O. The number of hydrogen-bond donors (Lipinski definition) is 0. The van der Waals surface area contributed by atoms with Crippen LogP contribution in [0.25, 0.3) is 0 Å².